The first-order valence-electron chi connectivity index (χ1n) is 8.92. The van der Waals surface area contributed by atoms with E-state index in [0.717, 1.165) is 18.0 Å². The zero-order chi connectivity index (χ0) is 18.6. The first-order chi connectivity index (χ1) is 13.3. The first kappa shape index (κ1) is 17.8. The number of ether oxygens (including phenoxy) is 1. The van der Waals surface area contributed by atoms with E-state index in [9.17, 15) is 0 Å². The Kier molecular flexibility index (Phi) is 5.22. The van der Waals surface area contributed by atoms with Gasteiger partial charge in [0.15, 0.2) is 5.11 Å². The number of aromatic nitrogens is 2. The molecular weight excluding hydrogens is 360 g/mol. The molecule has 1 fully saturated rings. The minimum atomic E-state index is -0.0372. The Morgan fingerprint density at radius 1 is 1.22 bits per heavy atom. The van der Waals surface area contributed by atoms with Crippen molar-refractivity contribution >= 4 is 17.3 Å². The molecule has 140 valence electrons. The van der Waals surface area contributed by atoms with Gasteiger partial charge in [0.2, 0.25) is 0 Å². The van der Waals surface area contributed by atoms with Gasteiger partial charge < -0.3 is 23.9 Å². The number of pyridine rings is 1. The zero-order valence-electron chi connectivity index (χ0n) is 15.1. The first-order valence-corrected chi connectivity index (χ1v) is 9.33. The van der Waals surface area contributed by atoms with Gasteiger partial charge in [0.05, 0.1) is 37.2 Å². The number of thiocarbonyl (C=S) groups is 1. The number of nitrogens with zero attached hydrogens (tertiary/aromatic N) is 3. The van der Waals surface area contributed by atoms with Crippen molar-refractivity contribution in [3.63, 3.8) is 0 Å². The summed E-state index contributed by atoms with van der Waals surface area (Å²) in [4.78, 5) is 6.75. The predicted octanol–water partition coefficient (Wildman–Crippen LogP) is 3.30. The fourth-order valence-electron chi connectivity index (χ4n) is 3.56. The molecule has 0 aromatic carbocycles. The molecule has 4 heterocycles. The van der Waals surface area contributed by atoms with E-state index in [1.54, 1.807) is 13.4 Å². The van der Waals surface area contributed by atoms with Gasteiger partial charge in [-0.1, -0.05) is 6.07 Å². The van der Waals surface area contributed by atoms with Gasteiger partial charge in [-0.05, 0) is 48.6 Å². The summed E-state index contributed by atoms with van der Waals surface area (Å²) in [6.45, 7) is 2.03. The Balaban J connectivity index is 1.72. The van der Waals surface area contributed by atoms with Gasteiger partial charge in [-0.2, -0.15) is 0 Å². The Labute approximate surface area is 163 Å². The molecule has 1 aliphatic rings. The molecule has 0 spiro atoms. The topological polar surface area (TPSA) is 55.5 Å². The highest BCUT2D eigenvalue weighted by Gasteiger charge is 2.41. The largest absolute Gasteiger partial charge is 0.467 e. The Bertz CT molecular complexity index is 879. The summed E-state index contributed by atoms with van der Waals surface area (Å²) < 4.78 is 13.1. The molecule has 2 atom stereocenters. The van der Waals surface area contributed by atoms with Gasteiger partial charge in [-0.3, -0.25) is 4.98 Å². The van der Waals surface area contributed by atoms with E-state index in [-0.39, 0.29) is 12.1 Å². The SMILES string of the molecule is COCCn1cccc1[C@H]1[C@H](c2ccccn2)NC(=S)N1Cc1ccco1. The second kappa shape index (κ2) is 7.94. The number of furan rings is 1. The van der Waals surface area contributed by atoms with Crippen LogP contribution < -0.4 is 5.32 Å². The highest BCUT2D eigenvalue weighted by atomic mass is 32.1. The summed E-state index contributed by atoms with van der Waals surface area (Å²) in [5.41, 5.74) is 2.13. The van der Waals surface area contributed by atoms with Crippen LogP contribution >= 0.6 is 12.2 Å². The minimum Gasteiger partial charge on any atom is -0.467 e. The van der Waals surface area contributed by atoms with Gasteiger partial charge in [-0.15, -0.1) is 0 Å². The maximum absolute atomic E-state index is 5.68. The van der Waals surface area contributed by atoms with Crippen LogP contribution in [0.5, 0.6) is 0 Å². The smallest absolute Gasteiger partial charge is 0.170 e. The molecule has 27 heavy (non-hydrogen) atoms. The lowest BCUT2D eigenvalue weighted by Gasteiger charge is -2.28. The third kappa shape index (κ3) is 3.61. The molecule has 0 radical (unpaired) electrons. The molecule has 3 aromatic heterocycles. The molecule has 1 N–H and O–H groups in total. The molecule has 0 saturated carbocycles. The Morgan fingerprint density at radius 2 is 2.15 bits per heavy atom. The zero-order valence-corrected chi connectivity index (χ0v) is 15.9. The van der Waals surface area contributed by atoms with E-state index in [1.807, 2.05) is 36.5 Å². The molecule has 0 amide bonds. The van der Waals surface area contributed by atoms with Crippen LogP contribution in [-0.2, 0) is 17.8 Å². The predicted molar refractivity (Wildman–Crippen MR) is 106 cm³/mol. The van der Waals surface area contributed by atoms with Crippen molar-refractivity contribution in [1.82, 2.24) is 19.8 Å². The van der Waals surface area contributed by atoms with Crippen LogP contribution in [0.1, 0.15) is 29.2 Å². The van der Waals surface area contributed by atoms with Crippen molar-refractivity contribution in [2.24, 2.45) is 0 Å². The summed E-state index contributed by atoms with van der Waals surface area (Å²) in [6, 6.07) is 14.0. The maximum atomic E-state index is 5.68. The van der Waals surface area contributed by atoms with Crippen LogP contribution in [0.3, 0.4) is 0 Å². The van der Waals surface area contributed by atoms with Crippen molar-refractivity contribution in [3.8, 4) is 0 Å². The van der Waals surface area contributed by atoms with Crippen molar-refractivity contribution in [3.05, 3.63) is 78.3 Å². The number of rotatable bonds is 7. The van der Waals surface area contributed by atoms with Gasteiger partial charge >= 0.3 is 0 Å². The minimum absolute atomic E-state index is 0.00403. The molecule has 0 unspecified atom stereocenters. The van der Waals surface area contributed by atoms with Crippen LogP contribution in [0.2, 0.25) is 0 Å². The van der Waals surface area contributed by atoms with Crippen molar-refractivity contribution in [1.29, 1.82) is 0 Å². The average Bonchev–Trinajstić information content (AvgIpc) is 3.42. The summed E-state index contributed by atoms with van der Waals surface area (Å²) >= 11 is 5.68. The van der Waals surface area contributed by atoms with Crippen LogP contribution in [0.25, 0.3) is 0 Å². The Morgan fingerprint density at radius 3 is 2.89 bits per heavy atom. The van der Waals surface area contributed by atoms with Gasteiger partial charge in [0, 0.05) is 31.7 Å². The molecule has 0 bridgehead atoms. The lowest BCUT2D eigenvalue weighted by Crippen LogP contribution is -2.30. The van der Waals surface area contributed by atoms with E-state index in [1.165, 1.54) is 5.69 Å². The molecule has 1 aliphatic heterocycles. The highest BCUT2D eigenvalue weighted by Crippen LogP contribution is 2.39. The van der Waals surface area contributed by atoms with E-state index in [2.05, 4.69) is 38.1 Å². The number of hydrogen-bond acceptors (Lipinski definition) is 4. The normalized spacial score (nSPS) is 19.4. The number of methoxy groups -OCH3 is 1. The summed E-state index contributed by atoms with van der Waals surface area (Å²) in [5, 5.41) is 4.16. The molecular formula is C20H22N4O2S. The van der Waals surface area contributed by atoms with Crippen LogP contribution in [-0.4, -0.2) is 33.3 Å². The van der Waals surface area contributed by atoms with Gasteiger partial charge in [0.25, 0.3) is 0 Å². The van der Waals surface area contributed by atoms with Crippen molar-refractivity contribution in [2.75, 3.05) is 13.7 Å². The van der Waals surface area contributed by atoms with Gasteiger partial charge in [0.1, 0.15) is 5.76 Å². The average molecular weight is 382 g/mol. The highest BCUT2D eigenvalue weighted by molar-refractivity contribution is 7.80. The number of nitrogens with one attached hydrogen (secondary N) is 1. The fraction of sp³-hybridized carbons (Fsp3) is 0.300. The summed E-state index contributed by atoms with van der Waals surface area (Å²) in [6.07, 6.45) is 5.58. The van der Waals surface area contributed by atoms with E-state index in [0.29, 0.717) is 18.3 Å². The van der Waals surface area contributed by atoms with E-state index in [4.69, 9.17) is 21.4 Å². The summed E-state index contributed by atoms with van der Waals surface area (Å²) in [5.74, 6) is 0.876. The standard InChI is InChI=1S/C20H22N4O2S/c1-25-13-11-23-10-4-8-17(23)19-18(16-7-2-3-9-21-16)22-20(27)24(19)14-15-6-5-12-26-15/h2-10,12,18-19H,11,13-14H2,1H3,(H,22,27)/t18-,19-/m0/s1. The Hall–Kier alpha value is -2.64. The molecule has 4 rings (SSSR count). The van der Waals surface area contributed by atoms with Crippen LogP contribution in [0.4, 0.5) is 0 Å². The quantitative estimate of drug-likeness (QED) is 0.633. The van der Waals surface area contributed by atoms with Crippen LogP contribution in [0.15, 0.2) is 65.5 Å². The van der Waals surface area contributed by atoms with Crippen LogP contribution in [0, 0.1) is 0 Å². The molecule has 0 aliphatic carbocycles. The third-order valence-electron chi connectivity index (χ3n) is 4.81. The molecule has 3 aromatic rings. The van der Waals surface area contributed by atoms with Crippen molar-refractivity contribution < 1.29 is 9.15 Å². The monoisotopic (exact) mass is 382 g/mol. The maximum Gasteiger partial charge on any atom is 0.170 e. The van der Waals surface area contributed by atoms with E-state index >= 15 is 0 Å². The lowest BCUT2D eigenvalue weighted by molar-refractivity contribution is 0.183. The van der Waals surface area contributed by atoms with E-state index < -0.39 is 0 Å². The molecule has 6 nitrogen and oxygen atoms in total. The lowest BCUT2D eigenvalue weighted by atomic mass is 10.0. The van der Waals surface area contributed by atoms with Gasteiger partial charge in [-0.25, -0.2) is 0 Å². The molecule has 7 heteroatoms. The number of hydrogen-bond donors (Lipinski definition) is 1. The summed E-state index contributed by atoms with van der Waals surface area (Å²) in [7, 11) is 1.72. The van der Waals surface area contributed by atoms with Crippen molar-refractivity contribution in [2.45, 2.75) is 25.2 Å². The second-order valence-electron chi connectivity index (χ2n) is 6.45. The fourth-order valence-corrected chi connectivity index (χ4v) is 3.86. The molecule has 1 saturated heterocycles. The third-order valence-corrected chi connectivity index (χ3v) is 5.16. The second-order valence-corrected chi connectivity index (χ2v) is 6.84.